The molecule has 16 nitrogen and oxygen atoms in total. The van der Waals surface area contributed by atoms with Crippen molar-refractivity contribution < 1.29 is 24.3 Å². The van der Waals surface area contributed by atoms with E-state index in [1.807, 2.05) is 14.1 Å². The van der Waals surface area contributed by atoms with Crippen molar-refractivity contribution in [3.8, 4) is 0 Å². The molecule has 2 fully saturated rings. The molecule has 4 heterocycles. The van der Waals surface area contributed by atoms with Crippen LogP contribution < -0.4 is 11.1 Å². The minimum Gasteiger partial charge on any atom is -0.481 e. The Labute approximate surface area is 229 Å². The number of fused-ring (bicyclic) bond motifs is 1. The second-order valence-corrected chi connectivity index (χ2v) is 11.7. The minimum absolute atomic E-state index is 0.00356. The van der Waals surface area contributed by atoms with Gasteiger partial charge in [-0.2, -0.15) is 9.36 Å². The van der Waals surface area contributed by atoms with Gasteiger partial charge in [0.25, 0.3) is 5.91 Å². The Hall–Kier alpha value is -3.03. The molecule has 206 valence electrons. The fourth-order valence-electron chi connectivity index (χ4n) is 3.90. The smallest absolute Gasteiger partial charge is 0.313 e. The van der Waals surface area contributed by atoms with Crippen molar-refractivity contribution in [3.63, 3.8) is 0 Å². The number of nitrogens with one attached hydrogen (secondary N) is 1. The van der Waals surface area contributed by atoms with Gasteiger partial charge in [0.1, 0.15) is 23.9 Å². The number of nitrogens with two attached hydrogens (primary N) is 1. The first-order valence-corrected chi connectivity index (χ1v) is 14.2. The highest BCUT2D eigenvalue weighted by Gasteiger charge is 2.57. The van der Waals surface area contributed by atoms with E-state index in [9.17, 15) is 19.5 Å². The molecule has 0 bridgehead atoms. The molecule has 2 saturated heterocycles. The van der Waals surface area contributed by atoms with Crippen LogP contribution in [0.25, 0.3) is 0 Å². The third-order valence-electron chi connectivity index (χ3n) is 5.89. The zero-order valence-corrected chi connectivity index (χ0v) is 23.3. The zero-order valence-electron chi connectivity index (χ0n) is 20.8. The molecule has 2 aromatic rings. The number of aromatic nitrogens is 6. The van der Waals surface area contributed by atoms with Gasteiger partial charge in [-0.15, -0.1) is 16.9 Å². The molecule has 2 aliphatic heterocycles. The number of aryl methyl sites for hydroxylation is 1. The Kier molecular flexibility index (Phi) is 8.68. The van der Waals surface area contributed by atoms with Gasteiger partial charge in [0, 0.05) is 36.1 Å². The van der Waals surface area contributed by atoms with Gasteiger partial charge in [-0.25, -0.2) is 4.68 Å². The lowest BCUT2D eigenvalue weighted by Gasteiger charge is -2.53. The summed E-state index contributed by atoms with van der Waals surface area (Å²) in [6.45, 7) is 1.47. The van der Waals surface area contributed by atoms with E-state index in [1.54, 1.807) is 4.68 Å². The first-order valence-electron chi connectivity index (χ1n) is 11.4. The summed E-state index contributed by atoms with van der Waals surface area (Å²) in [6.07, 6.45) is 0.839. The van der Waals surface area contributed by atoms with Crippen molar-refractivity contribution in [3.05, 3.63) is 5.82 Å². The lowest BCUT2D eigenvalue weighted by atomic mass is 9.89. The standard InChI is InChI=1S/C19H27N11O5S3/c1-28(2)5-4-6-30-18(23-26-27-30)37-9-19(16(33)34)7-29-14(32)11(15(29)36-8-19)21-13(31)10(24-35-3)12-22-17(20)38-25-12/h11,15H,4-9H2,1-3H3,(H,21,31)(H,33,34)(H2,20,22,25)/t11?,15-,19?/m1/s1. The number of thioether (sulfide) groups is 2. The number of nitrogens with zero attached hydrogens (tertiary/aromatic N) is 9. The van der Waals surface area contributed by atoms with Gasteiger partial charge in [0.05, 0.1) is 0 Å². The summed E-state index contributed by atoms with van der Waals surface area (Å²) in [5.74, 6) is -1.69. The molecule has 2 aromatic heterocycles. The first kappa shape index (κ1) is 28.0. The molecule has 2 amide bonds. The number of hydrogen-bond donors (Lipinski definition) is 3. The van der Waals surface area contributed by atoms with Crippen LogP contribution in [-0.4, -0.2) is 125 Å². The normalized spacial score (nSPS) is 23.2. The topological polar surface area (TPSA) is 207 Å². The Morgan fingerprint density at radius 1 is 1.42 bits per heavy atom. The quantitative estimate of drug-likeness (QED) is 0.114. The van der Waals surface area contributed by atoms with E-state index in [4.69, 9.17) is 10.6 Å². The maximum Gasteiger partial charge on any atom is 0.313 e. The molecule has 19 heteroatoms. The predicted octanol–water partition coefficient (Wildman–Crippen LogP) is -1.33. The monoisotopic (exact) mass is 585 g/mol. The van der Waals surface area contributed by atoms with Gasteiger partial charge in [-0.05, 0) is 37.5 Å². The molecule has 0 spiro atoms. The van der Waals surface area contributed by atoms with Crippen LogP contribution in [0.3, 0.4) is 0 Å². The number of anilines is 1. The van der Waals surface area contributed by atoms with Crippen LogP contribution in [0.1, 0.15) is 12.2 Å². The van der Waals surface area contributed by atoms with E-state index in [1.165, 1.54) is 35.5 Å². The number of nitrogen functional groups attached to an aromatic ring is 1. The SMILES string of the molecule is CON=C(C(=O)NC1C(=O)N2CC(CSc3nnnn3CCCN(C)C)(C(=O)O)CS[C@H]12)c1nsc(N)n1. The van der Waals surface area contributed by atoms with E-state index in [2.05, 4.69) is 40.3 Å². The highest BCUT2D eigenvalue weighted by molar-refractivity contribution is 8.00. The number of aliphatic carboxylic acids is 1. The molecule has 4 rings (SSSR count). The number of β-lactam (4-membered cyclic amide) rings is 1. The summed E-state index contributed by atoms with van der Waals surface area (Å²) in [7, 11) is 5.23. The Morgan fingerprint density at radius 2 is 2.21 bits per heavy atom. The van der Waals surface area contributed by atoms with Crippen molar-refractivity contribution in [2.24, 2.45) is 10.6 Å². The lowest BCUT2D eigenvalue weighted by molar-refractivity contribution is -0.157. The van der Waals surface area contributed by atoms with Gasteiger partial charge in [-0.3, -0.25) is 14.4 Å². The van der Waals surface area contributed by atoms with Crippen LogP contribution in [-0.2, 0) is 25.8 Å². The summed E-state index contributed by atoms with van der Waals surface area (Å²) >= 11 is 3.44. The van der Waals surface area contributed by atoms with Crippen molar-refractivity contribution in [2.75, 3.05) is 51.5 Å². The molecule has 0 aromatic carbocycles. The Balaban J connectivity index is 1.38. The number of oxime groups is 1. The second-order valence-electron chi connectivity index (χ2n) is 8.91. The van der Waals surface area contributed by atoms with Crippen LogP contribution in [0.4, 0.5) is 5.13 Å². The minimum atomic E-state index is -1.21. The lowest BCUT2D eigenvalue weighted by Crippen LogP contribution is -2.74. The van der Waals surface area contributed by atoms with Crippen molar-refractivity contribution >= 4 is 63.7 Å². The number of carboxylic acids is 1. The third kappa shape index (κ3) is 5.84. The molecule has 2 unspecified atom stereocenters. The summed E-state index contributed by atoms with van der Waals surface area (Å²) in [5, 5.41) is 28.5. The number of carboxylic acid groups (broad SMARTS) is 1. The molecule has 2 aliphatic rings. The zero-order chi connectivity index (χ0) is 27.4. The van der Waals surface area contributed by atoms with E-state index < -0.39 is 28.7 Å². The van der Waals surface area contributed by atoms with E-state index in [0.29, 0.717) is 11.7 Å². The molecular formula is C19H27N11O5S3. The highest BCUT2D eigenvalue weighted by Crippen LogP contribution is 2.44. The van der Waals surface area contributed by atoms with E-state index >= 15 is 0 Å². The van der Waals surface area contributed by atoms with Crippen LogP contribution in [0, 0.1) is 5.41 Å². The van der Waals surface area contributed by atoms with Gasteiger partial charge in [-0.1, -0.05) is 16.9 Å². The van der Waals surface area contributed by atoms with Gasteiger partial charge >= 0.3 is 5.97 Å². The molecule has 3 atom stereocenters. The largest absolute Gasteiger partial charge is 0.481 e. The Morgan fingerprint density at radius 3 is 2.87 bits per heavy atom. The molecule has 0 aliphatic carbocycles. The van der Waals surface area contributed by atoms with Crippen LogP contribution in [0.15, 0.2) is 10.3 Å². The number of carbonyl (C=O) groups is 3. The average molecular weight is 586 g/mol. The fraction of sp³-hybridized carbons (Fsp3) is 0.632. The molecule has 0 saturated carbocycles. The molecule has 0 radical (unpaired) electrons. The summed E-state index contributed by atoms with van der Waals surface area (Å²) in [5.41, 5.74) is 4.17. The maximum absolute atomic E-state index is 13.0. The summed E-state index contributed by atoms with van der Waals surface area (Å²) in [6, 6.07) is -0.853. The average Bonchev–Trinajstić information content (AvgIpc) is 3.52. The third-order valence-corrected chi connectivity index (χ3v) is 9.27. The van der Waals surface area contributed by atoms with Crippen LogP contribution in [0.2, 0.25) is 0 Å². The number of tetrazole rings is 1. The van der Waals surface area contributed by atoms with E-state index in [0.717, 1.165) is 24.5 Å². The fourth-order valence-corrected chi connectivity index (χ4v) is 7.10. The second kappa shape index (κ2) is 11.8. The van der Waals surface area contributed by atoms with Crippen LogP contribution >= 0.6 is 35.1 Å². The predicted molar refractivity (Wildman–Crippen MR) is 140 cm³/mol. The number of rotatable bonds is 12. The van der Waals surface area contributed by atoms with Crippen molar-refractivity contribution in [1.29, 1.82) is 0 Å². The number of amides is 2. The molecule has 38 heavy (non-hydrogen) atoms. The van der Waals surface area contributed by atoms with E-state index in [-0.39, 0.29) is 40.6 Å². The summed E-state index contributed by atoms with van der Waals surface area (Å²) < 4.78 is 5.63. The van der Waals surface area contributed by atoms with Gasteiger partial charge in [0.15, 0.2) is 5.13 Å². The molecular weight excluding hydrogens is 558 g/mol. The van der Waals surface area contributed by atoms with Gasteiger partial charge in [0.2, 0.25) is 22.6 Å². The van der Waals surface area contributed by atoms with Crippen molar-refractivity contribution in [1.82, 2.24) is 44.7 Å². The number of carbonyl (C=O) groups excluding carboxylic acids is 2. The van der Waals surface area contributed by atoms with Crippen LogP contribution in [0.5, 0.6) is 0 Å². The first-order chi connectivity index (χ1) is 18.1. The highest BCUT2D eigenvalue weighted by atomic mass is 32.2. The number of hydrogen-bond acceptors (Lipinski definition) is 15. The Bertz CT molecular complexity index is 1220. The summed E-state index contributed by atoms with van der Waals surface area (Å²) in [4.78, 5) is 50.4. The van der Waals surface area contributed by atoms with Gasteiger partial charge < -0.3 is 30.8 Å². The maximum atomic E-state index is 13.0. The molecule has 4 N–H and O–H groups in total. The van der Waals surface area contributed by atoms with Crippen molar-refractivity contribution in [2.45, 2.75) is 29.5 Å².